The molecule has 1 saturated carbocycles. The Morgan fingerprint density at radius 3 is 2.61 bits per heavy atom. The van der Waals surface area contributed by atoms with Gasteiger partial charge in [-0.05, 0) is 37.0 Å². The molecule has 0 aromatic carbocycles. The van der Waals surface area contributed by atoms with Crippen molar-refractivity contribution in [1.29, 1.82) is 0 Å². The van der Waals surface area contributed by atoms with Crippen molar-refractivity contribution in [2.45, 2.75) is 65.2 Å². The molecule has 3 rings (SSSR count). The second-order valence-electron chi connectivity index (χ2n) is 6.66. The molecule has 2 heteroatoms. The van der Waals surface area contributed by atoms with E-state index in [2.05, 4.69) is 18.8 Å². The maximum atomic E-state index is 4.84. The summed E-state index contributed by atoms with van der Waals surface area (Å²) in [6.45, 7) is 4.73. The van der Waals surface area contributed by atoms with Gasteiger partial charge in [-0.3, -0.25) is 0 Å². The molecule has 0 saturated heterocycles. The van der Waals surface area contributed by atoms with E-state index in [0.717, 1.165) is 17.8 Å². The Morgan fingerprint density at radius 1 is 1.11 bits per heavy atom. The number of nitrogens with zero attached hydrogens (tertiary/aromatic N) is 1. The van der Waals surface area contributed by atoms with Gasteiger partial charge in [0, 0.05) is 12.1 Å². The average molecular weight is 246 g/mol. The van der Waals surface area contributed by atoms with Crippen LogP contribution >= 0.6 is 0 Å². The van der Waals surface area contributed by atoms with Crippen molar-refractivity contribution in [1.82, 2.24) is 9.97 Å². The summed E-state index contributed by atoms with van der Waals surface area (Å²) in [5.41, 5.74) is 2.80. The van der Waals surface area contributed by atoms with Gasteiger partial charge >= 0.3 is 0 Å². The number of imidazole rings is 1. The first-order valence-electron chi connectivity index (χ1n) is 7.79. The number of aromatic amines is 1. The zero-order valence-corrected chi connectivity index (χ0v) is 11.8. The van der Waals surface area contributed by atoms with Gasteiger partial charge in [0.05, 0.1) is 5.69 Å². The van der Waals surface area contributed by atoms with Gasteiger partial charge in [0.1, 0.15) is 5.82 Å². The number of aryl methyl sites for hydroxylation is 1. The summed E-state index contributed by atoms with van der Waals surface area (Å²) in [5.74, 6) is 3.84. The third kappa shape index (κ3) is 2.48. The highest BCUT2D eigenvalue weighted by molar-refractivity contribution is 5.19. The van der Waals surface area contributed by atoms with Gasteiger partial charge in [0.2, 0.25) is 0 Å². The largest absolute Gasteiger partial charge is 0.346 e. The van der Waals surface area contributed by atoms with Gasteiger partial charge in [0.15, 0.2) is 0 Å². The summed E-state index contributed by atoms with van der Waals surface area (Å²) in [4.78, 5) is 8.44. The fraction of sp³-hybridized carbons (Fsp3) is 0.812. The van der Waals surface area contributed by atoms with Crippen LogP contribution in [-0.2, 0) is 19.3 Å². The monoisotopic (exact) mass is 246 g/mol. The van der Waals surface area contributed by atoms with Crippen LogP contribution in [0.5, 0.6) is 0 Å². The van der Waals surface area contributed by atoms with Gasteiger partial charge in [0.25, 0.3) is 0 Å². The van der Waals surface area contributed by atoms with E-state index in [1.54, 1.807) is 0 Å². The normalized spacial score (nSPS) is 28.6. The molecule has 1 aromatic rings. The third-order valence-corrected chi connectivity index (χ3v) is 5.19. The molecule has 2 aliphatic carbocycles. The van der Waals surface area contributed by atoms with Gasteiger partial charge < -0.3 is 4.98 Å². The number of H-pyrrole nitrogens is 1. The lowest BCUT2D eigenvalue weighted by atomic mass is 9.82. The number of rotatable bonds is 3. The zero-order valence-electron chi connectivity index (χ0n) is 11.8. The molecule has 1 fully saturated rings. The van der Waals surface area contributed by atoms with Crippen molar-refractivity contribution in [3.63, 3.8) is 0 Å². The van der Waals surface area contributed by atoms with Crippen LogP contribution in [0.15, 0.2) is 0 Å². The molecule has 0 aliphatic heterocycles. The maximum Gasteiger partial charge on any atom is 0.106 e. The molecule has 1 heterocycles. The van der Waals surface area contributed by atoms with Crippen molar-refractivity contribution in [2.24, 2.45) is 17.8 Å². The Kier molecular flexibility index (Phi) is 3.45. The van der Waals surface area contributed by atoms with Gasteiger partial charge in [-0.15, -0.1) is 0 Å². The van der Waals surface area contributed by atoms with E-state index in [9.17, 15) is 0 Å². The minimum atomic E-state index is 0.795. The standard InChI is InChI=1S/C16H26N2/c1-11-9-14-15(10-12(11)2)18-16(17-14)8-7-13-5-3-4-6-13/h11-13H,3-10H2,1-2H3,(H,17,18). The van der Waals surface area contributed by atoms with Crippen molar-refractivity contribution in [2.75, 3.05) is 0 Å². The number of hydrogen-bond acceptors (Lipinski definition) is 1. The molecular formula is C16H26N2. The fourth-order valence-electron chi connectivity index (χ4n) is 3.63. The molecule has 2 nitrogen and oxygen atoms in total. The number of nitrogens with one attached hydrogen (secondary N) is 1. The Hall–Kier alpha value is -0.790. The average Bonchev–Trinajstić information content (AvgIpc) is 2.96. The first-order valence-corrected chi connectivity index (χ1v) is 7.79. The first kappa shape index (κ1) is 12.3. The summed E-state index contributed by atoms with van der Waals surface area (Å²) < 4.78 is 0. The molecule has 0 spiro atoms. The van der Waals surface area contributed by atoms with E-state index < -0.39 is 0 Å². The first-order chi connectivity index (χ1) is 8.72. The lowest BCUT2D eigenvalue weighted by Gasteiger charge is -2.24. The highest BCUT2D eigenvalue weighted by Crippen LogP contribution is 2.30. The van der Waals surface area contributed by atoms with E-state index >= 15 is 0 Å². The lowest BCUT2D eigenvalue weighted by Crippen LogP contribution is -2.20. The molecule has 0 amide bonds. The highest BCUT2D eigenvalue weighted by atomic mass is 14.9. The summed E-state index contributed by atoms with van der Waals surface area (Å²) >= 11 is 0. The molecular weight excluding hydrogens is 220 g/mol. The highest BCUT2D eigenvalue weighted by Gasteiger charge is 2.25. The van der Waals surface area contributed by atoms with Crippen molar-refractivity contribution >= 4 is 0 Å². The molecule has 100 valence electrons. The fourth-order valence-corrected chi connectivity index (χ4v) is 3.63. The van der Waals surface area contributed by atoms with Crippen LogP contribution in [0.25, 0.3) is 0 Å². The van der Waals surface area contributed by atoms with Crippen LogP contribution in [0.2, 0.25) is 0 Å². The number of hydrogen-bond donors (Lipinski definition) is 1. The van der Waals surface area contributed by atoms with E-state index in [1.807, 2.05) is 0 Å². The molecule has 1 N–H and O–H groups in total. The van der Waals surface area contributed by atoms with Crippen molar-refractivity contribution in [3.05, 3.63) is 17.2 Å². The van der Waals surface area contributed by atoms with E-state index in [4.69, 9.17) is 4.98 Å². The zero-order chi connectivity index (χ0) is 12.5. The Balaban J connectivity index is 1.62. The molecule has 2 atom stereocenters. The molecule has 1 aromatic heterocycles. The lowest BCUT2D eigenvalue weighted by molar-refractivity contribution is 0.355. The maximum absolute atomic E-state index is 4.84. The molecule has 0 bridgehead atoms. The second-order valence-corrected chi connectivity index (χ2v) is 6.66. The van der Waals surface area contributed by atoms with Crippen LogP contribution in [0.1, 0.15) is 63.2 Å². The van der Waals surface area contributed by atoms with Crippen LogP contribution in [0.4, 0.5) is 0 Å². The van der Waals surface area contributed by atoms with Crippen LogP contribution < -0.4 is 0 Å². The molecule has 18 heavy (non-hydrogen) atoms. The van der Waals surface area contributed by atoms with Gasteiger partial charge in [-0.1, -0.05) is 39.5 Å². The Morgan fingerprint density at radius 2 is 1.83 bits per heavy atom. The third-order valence-electron chi connectivity index (χ3n) is 5.19. The molecule has 0 radical (unpaired) electrons. The number of aromatic nitrogens is 2. The quantitative estimate of drug-likeness (QED) is 0.861. The molecule has 2 aliphatic rings. The Labute approximate surface area is 111 Å². The SMILES string of the molecule is CC1Cc2nc(CCC3CCCC3)[nH]c2CC1C. The predicted molar refractivity (Wildman–Crippen MR) is 74.6 cm³/mol. The Bertz CT molecular complexity index is 374. The predicted octanol–water partition coefficient (Wildman–Crippen LogP) is 3.90. The number of fused-ring (bicyclic) bond motifs is 1. The van der Waals surface area contributed by atoms with Crippen molar-refractivity contribution < 1.29 is 0 Å². The van der Waals surface area contributed by atoms with E-state index in [1.165, 1.54) is 68.6 Å². The summed E-state index contributed by atoms with van der Waals surface area (Å²) in [6.07, 6.45) is 10.7. The summed E-state index contributed by atoms with van der Waals surface area (Å²) in [5, 5.41) is 0. The van der Waals surface area contributed by atoms with Crippen molar-refractivity contribution in [3.8, 4) is 0 Å². The summed E-state index contributed by atoms with van der Waals surface area (Å²) in [7, 11) is 0. The van der Waals surface area contributed by atoms with Crippen LogP contribution in [0, 0.1) is 17.8 Å². The summed E-state index contributed by atoms with van der Waals surface area (Å²) in [6, 6.07) is 0. The van der Waals surface area contributed by atoms with Crippen LogP contribution in [-0.4, -0.2) is 9.97 Å². The smallest absolute Gasteiger partial charge is 0.106 e. The minimum absolute atomic E-state index is 0.795. The second kappa shape index (κ2) is 5.07. The van der Waals surface area contributed by atoms with E-state index in [-0.39, 0.29) is 0 Å². The topological polar surface area (TPSA) is 28.7 Å². The van der Waals surface area contributed by atoms with Gasteiger partial charge in [-0.2, -0.15) is 0 Å². The van der Waals surface area contributed by atoms with Crippen LogP contribution in [0.3, 0.4) is 0 Å². The van der Waals surface area contributed by atoms with E-state index in [0.29, 0.717) is 0 Å². The minimum Gasteiger partial charge on any atom is -0.346 e. The van der Waals surface area contributed by atoms with Gasteiger partial charge in [-0.25, -0.2) is 4.98 Å². The molecule has 2 unspecified atom stereocenters.